The van der Waals surface area contributed by atoms with Crippen molar-refractivity contribution in [2.75, 3.05) is 56.9 Å². The van der Waals surface area contributed by atoms with Crippen molar-refractivity contribution in [1.29, 1.82) is 0 Å². The standard InChI is InChI=1S/C20H26F6N4S/c1-29-11-13-30(14-12-29)10-2-9-27-20-15-16(21)3-8-19(20)28-17-4-6-18(7-5-17)31(22,23,24,25)26/h3-8,15,27-28H,2,9-14H2,1H3. The van der Waals surface area contributed by atoms with E-state index < -0.39 is 20.9 Å². The normalized spacial score (nSPS) is 18.3. The molecule has 1 fully saturated rings. The molecule has 4 nitrogen and oxygen atoms in total. The van der Waals surface area contributed by atoms with Gasteiger partial charge in [0.25, 0.3) is 0 Å². The molecule has 1 aliphatic rings. The molecule has 0 aromatic heterocycles. The van der Waals surface area contributed by atoms with E-state index in [1.54, 1.807) is 0 Å². The number of benzene rings is 2. The van der Waals surface area contributed by atoms with Crippen LogP contribution in [0, 0.1) is 5.82 Å². The second kappa shape index (κ2) is 8.10. The summed E-state index contributed by atoms with van der Waals surface area (Å²) < 4.78 is 78.0. The van der Waals surface area contributed by atoms with Gasteiger partial charge in [-0.3, -0.25) is 0 Å². The fraction of sp³-hybridized carbons (Fsp3) is 0.400. The van der Waals surface area contributed by atoms with Crippen LogP contribution in [0.1, 0.15) is 6.42 Å². The van der Waals surface area contributed by atoms with Gasteiger partial charge < -0.3 is 20.4 Å². The van der Waals surface area contributed by atoms with Gasteiger partial charge in [-0.2, -0.15) is 0 Å². The molecule has 2 aromatic rings. The fourth-order valence-corrected chi connectivity index (χ4v) is 3.97. The minimum atomic E-state index is -9.71. The number of hydrogen-bond donors (Lipinski definition) is 2. The van der Waals surface area contributed by atoms with Crippen LogP contribution in [0.3, 0.4) is 0 Å². The van der Waals surface area contributed by atoms with Gasteiger partial charge in [-0.15, -0.1) is 0 Å². The molecule has 0 radical (unpaired) electrons. The van der Waals surface area contributed by atoms with Crippen LogP contribution in [0.5, 0.6) is 0 Å². The topological polar surface area (TPSA) is 30.5 Å². The zero-order chi connectivity index (χ0) is 22.8. The van der Waals surface area contributed by atoms with Crippen LogP contribution in [-0.4, -0.2) is 56.1 Å². The van der Waals surface area contributed by atoms with E-state index in [-0.39, 0.29) is 5.69 Å². The summed E-state index contributed by atoms with van der Waals surface area (Å²) in [7, 11) is -7.63. The molecular weight excluding hydrogens is 442 g/mol. The maximum atomic E-state index is 13.7. The summed E-state index contributed by atoms with van der Waals surface area (Å²) in [5.74, 6) is -0.469. The minimum absolute atomic E-state index is 0.178. The van der Waals surface area contributed by atoms with E-state index in [0.717, 1.165) is 51.3 Å². The van der Waals surface area contributed by atoms with Crippen LogP contribution in [0.4, 0.5) is 40.9 Å². The lowest BCUT2D eigenvalue weighted by Crippen LogP contribution is -2.44. The first kappa shape index (κ1) is 23.6. The quantitative estimate of drug-likeness (QED) is 0.353. The predicted octanol–water partition coefficient (Wildman–Crippen LogP) is 6.28. The molecular formula is C20H26F6N4S. The molecule has 0 aliphatic carbocycles. The molecule has 31 heavy (non-hydrogen) atoms. The third-order valence-electron chi connectivity index (χ3n) is 5.12. The zero-order valence-corrected chi connectivity index (χ0v) is 17.9. The lowest BCUT2D eigenvalue weighted by Gasteiger charge is -2.40. The average Bonchev–Trinajstić information content (AvgIpc) is 2.67. The summed E-state index contributed by atoms with van der Waals surface area (Å²) in [6.45, 7) is 5.51. The molecule has 0 unspecified atom stereocenters. The van der Waals surface area contributed by atoms with E-state index in [4.69, 9.17) is 0 Å². The molecule has 11 heteroatoms. The van der Waals surface area contributed by atoms with Gasteiger partial charge >= 0.3 is 10.2 Å². The molecule has 2 N–H and O–H groups in total. The fourth-order valence-electron chi connectivity index (χ4n) is 3.32. The van der Waals surface area contributed by atoms with E-state index in [9.17, 15) is 23.8 Å². The van der Waals surface area contributed by atoms with Crippen molar-refractivity contribution in [3.05, 3.63) is 48.3 Å². The number of hydrogen-bond acceptors (Lipinski definition) is 4. The molecule has 1 heterocycles. The maximum absolute atomic E-state index is 13.7. The summed E-state index contributed by atoms with van der Waals surface area (Å²) in [6.07, 6.45) is 0.832. The van der Waals surface area contributed by atoms with Gasteiger partial charge in [0, 0.05) is 38.4 Å². The third kappa shape index (κ3) is 6.94. The van der Waals surface area contributed by atoms with E-state index in [0.29, 0.717) is 30.1 Å². The molecule has 1 saturated heterocycles. The highest BCUT2D eigenvalue weighted by Gasteiger charge is 2.65. The molecule has 0 atom stereocenters. The SMILES string of the molecule is CN1CCN(CCCNc2cc(F)ccc2Nc2ccc(S(F)(F)(F)(F)F)cc2)CC1. The molecule has 0 spiro atoms. The number of piperazine rings is 1. The number of nitrogens with zero attached hydrogens (tertiary/aromatic N) is 2. The molecule has 3 rings (SSSR count). The van der Waals surface area contributed by atoms with E-state index in [2.05, 4.69) is 27.5 Å². The van der Waals surface area contributed by atoms with Gasteiger partial charge in [0.05, 0.1) is 11.4 Å². The zero-order valence-electron chi connectivity index (χ0n) is 17.1. The van der Waals surface area contributed by atoms with Crippen molar-refractivity contribution in [1.82, 2.24) is 9.80 Å². The van der Waals surface area contributed by atoms with Crippen LogP contribution >= 0.6 is 10.2 Å². The van der Waals surface area contributed by atoms with Crippen molar-refractivity contribution < 1.29 is 23.8 Å². The Labute approximate surface area is 177 Å². The molecule has 174 valence electrons. The Morgan fingerprint density at radius 3 is 2.13 bits per heavy atom. The summed E-state index contributed by atoms with van der Waals surface area (Å²) in [4.78, 5) is 2.67. The number of nitrogens with one attached hydrogen (secondary N) is 2. The Bertz CT molecular complexity index is 897. The van der Waals surface area contributed by atoms with Gasteiger partial charge in [0.2, 0.25) is 0 Å². The highest BCUT2D eigenvalue weighted by molar-refractivity contribution is 8.45. The summed E-state index contributed by atoms with van der Waals surface area (Å²) >= 11 is 0. The minimum Gasteiger partial charge on any atom is -0.383 e. The third-order valence-corrected chi connectivity index (χ3v) is 6.29. The first-order chi connectivity index (χ1) is 14.3. The lowest BCUT2D eigenvalue weighted by atomic mass is 10.2. The Morgan fingerprint density at radius 2 is 1.52 bits per heavy atom. The van der Waals surface area contributed by atoms with Crippen molar-refractivity contribution in [2.24, 2.45) is 0 Å². The van der Waals surface area contributed by atoms with Crippen LogP contribution in [-0.2, 0) is 0 Å². The Hall–Kier alpha value is -2.11. The molecule has 1 aliphatic heterocycles. The summed E-state index contributed by atoms with van der Waals surface area (Å²) in [5.41, 5.74) is 1.05. The maximum Gasteiger partial charge on any atom is 0.310 e. The Morgan fingerprint density at radius 1 is 0.871 bits per heavy atom. The Balaban J connectivity index is 1.61. The number of rotatable bonds is 8. The largest absolute Gasteiger partial charge is 0.383 e. The molecule has 0 bridgehead atoms. The van der Waals surface area contributed by atoms with Gasteiger partial charge in [0.15, 0.2) is 0 Å². The predicted molar refractivity (Wildman–Crippen MR) is 115 cm³/mol. The van der Waals surface area contributed by atoms with E-state index >= 15 is 0 Å². The molecule has 0 saturated carbocycles. The van der Waals surface area contributed by atoms with Gasteiger partial charge in [0.1, 0.15) is 10.7 Å². The van der Waals surface area contributed by atoms with Crippen LogP contribution in [0.25, 0.3) is 0 Å². The Kier molecular flexibility index (Phi) is 6.16. The van der Waals surface area contributed by atoms with Crippen molar-refractivity contribution >= 4 is 27.3 Å². The average molecular weight is 469 g/mol. The van der Waals surface area contributed by atoms with Crippen molar-refractivity contribution in [2.45, 2.75) is 11.3 Å². The second-order valence-corrected chi connectivity index (χ2v) is 10.1. The number of likely N-dealkylation sites (N-methyl/N-ethyl adjacent to an activating group) is 1. The van der Waals surface area contributed by atoms with E-state index in [1.165, 1.54) is 18.2 Å². The second-order valence-electron chi connectivity index (χ2n) is 7.73. The first-order valence-corrected chi connectivity index (χ1v) is 11.8. The van der Waals surface area contributed by atoms with Crippen molar-refractivity contribution in [3.63, 3.8) is 0 Å². The number of halogens is 6. The van der Waals surface area contributed by atoms with Gasteiger partial charge in [-0.25, -0.2) is 4.39 Å². The number of anilines is 3. The van der Waals surface area contributed by atoms with Crippen LogP contribution in [0.2, 0.25) is 0 Å². The monoisotopic (exact) mass is 468 g/mol. The first-order valence-electron chi connectivity index (χ1n) is 9.86. The molecule has 0 amide bonds. The molecule has 2 aromatic carbocycles. The lowest BCUT2D eigenvalue weighted by molar-refractivity contribution is 0.154. The van der Waals surface area contributed by atoms with Crippen LogP contribution < -0.4 is 10.6 Å². The summed E-state index contributed by atoms with van der Waals surface area (Å²) in [6, 6.07) is 6.47. The van der Waals surface area contributed by atoms with Crippen molar-refractivity contribution in [3.8, 4) is 0 Å². The highest BCUT2D eigenvalue weighted by Crippen LogP contribution is 3.02. The van der Waals surface area contributed by atoms with Crippen LogP contribution in [0.15, 0.2) is 47.4 Å². The van der Waals surface area contributed by atoms with Gasteiger partial charge in [-0.1, -0.05) is 19.4 Å². The van der Waals surface area contributed by atoms with Gasteiger partial charge in [-0.05, 0) is 62.5 Å². The highest BCUT2D eigenvalue weighted by atomic mass is 32.5. The van der Waals surface area contributed by atoms with E-state index in [1.807, 2.05) is 0 Å². The smallest absolute Gasteiger partial charge is 0.310 e. The summed E-state index contributed by atoms with van der Waals surface area (Å²) in [5, 5.41) is 5.99.